The lowest BCUT2D eigenvalue weighted by molar-refractivity contribution is 0.991. The van der Waals surface area contributed by atoms with Crippen molar-refractivity contribution in [3.63, 3.8) is 0 Å². The third-order valence-corrected chi connectivity index (χ3v) is 3.46. The zero-order valence-electron chi connectivity index (χ0n) is 10.5. The van der Waals surface area contributed by atoms with Gasteiger partial charge in [0.15, 0.2) is 0 Å². The lowest BCUT2D eigenvalue weighted by atomic mass is 10.1. The first kappa shape index (κ1) is 11.8. The highest BCUT2D eigenvalue weighted by atomic mass is 14.9. The van der Waals surface area contributed by atoms with Crippen LogP contribution in [0.15, 0.2) is 48.5 Å². The standard InChI is InChI=1S/C16H15N3/c17-10-11-2-1-3-14(8-11)19-13-6-4-12(5-7-13)15-9-16(15)18/h1-8,15-16,19H,9,18H2/t15-,16+/m1/s1. The minimum absolute atomic E-state index is 0.339. The minimum atomic E-state index is 0.339. The fourth-order valence-corrected chi connectivity index (χ4v) is 2.24. The van der Waals surface area contributed by atoms with Gasteiger partial charge in [-0.2, -0.15) is 5.26 Å². The molecular weight excluding hydrogens is 234 g/mol. The Bertz CT molecular complexity index is 625. The van der Waals surface area contributed by atoms with Crippen molar-refractivity contribution >= 4 is 11.4 Å². The molecular formula is C16H15N3. The zero-order valence-corrected chi connectivity index (χ0v) is 10.5. The van der Waals surface area contributed by atoms with E-state index in [2.05, 4.69) is 35.7 Å². The fraction of sp³-hybridized carbons (Fsp3) is 0.188. The monoisotopic (exact) mass is 249 g/mol. The van der Waals surface area contributed by atoms with Crippen molar-refractivity contribution in [3.05, 3.63) is 59.7 Å². The summed E-state index contributed by atoms with van der Waals surface area (Å²) >= 11 is 0. The lowest BCUT2D eigenvalue weighted by Gasteiger charge is -2.07. The first-order chi connectivity index (χ1) is 9.26. The van der Waals surface area contributed by atoms with E-state index in [1.807, 2.05) is 18.2 Å². The number of benzene rings is 2. The summed E-state index contributed by atoms with van der Waals surface area (Å²) < 4.78 is 0. The van der Waals surface area contributed by atoms with Crippen LogP contribution in [0.3, 0.4) is 0 Å². The van der Waals surface area contributed by atoms with Gasteiger partial charge in [-0.15, -0.1) is 0 Å². The van der Waals surface area contributed by atoms with Gasteiger partial charge in [0.25, 0.3) is 0 Å². The molecule has 3 rings (SSSR count). The van der Waals surface area contributed by atoms with Crippen LogP contribution >= 0.6 is 0 Å². The number of anilines is 2. The number of nitrogens with zero attached hydrogens (tertiary/aromatic N) is 1. The number of nitriles is 1. The van der Waals surface area contributed by atoms with Crippen LogP contribution in [0, 0.1) is 11.3 Å². The van der Waals surface area contributed by atoms with Gasteiger partial charge < -0.3 is 11.1 Å². The molecule has 0 aromatic heterocycles. The Morgan fingerprint density at radius 1 is 1.11 bits per heavy atom. The summed E-state index contributed by atoms with van der Waals surface area (Å²) in [5.74, 6) is 0.538. The number of nitrogens with one attached hydrogen (secondary N) is 1. The smallest absolute Gasteiger partial charge is 0.0992 e. The van der Waals surface area contributed by atoms with Gasteiger partial charge in [0.1, 0.15) is 0 Å². The SMILES string of the molecule is N#Cc1cccc(Nc2ccc([C@H]3C[C@@H]3N)cc2)c1. The molecule has 3 nitrogen and oxygen atoms in total. The van der Waals surface area contributed by atoms with Crippen LogP contribution in [0.4, 0.5) is 11.4 Å². The molecule has 2 aromatic carbocycles. The third kappa shape index (κ3) is 2.59. The fourth-order valence-electron chi connectivity index (χ4n) is 2.24. The highest BCUT2D eigenvalue weighted by molar-refractivity contribution is 5.61. The Morgan fingerprint density at radius 2 is 1.84 bits per heavy atom. The quantitative estimate of drug-likeness (QED) is 0.878. The van der Waals surface area contributed by atoms with Gasteiger partial charge >= 0.3 is 0 Å². The first-order valence-electron chi connectivity index (χ1n) is 6.39. The first-order valence-corrected chi connectivity index (χ1v) is 6.39. The molecule has 3 N–H and O–H groups in total. The predicted molar refractivity (Wildman–Crippen MR) is 76.2 cm³/mol. The maximum absolute atomic E-state index is 8.87. The lowest BCUT2D eigenvalue weighted by Crippen LogP contribution is -2.00. The maximum atomic E-state index is 8.87. The van der Waals surface area contributed by atoms with Gasteiger partial charge in [0, 0.05) is 23.3 Å². The Morgan fingerprint density at radius 3 is 2.47 bits per heavy atom. The Labute approximate surface area is 112 Å². The molecule has 1 fully saturated rings. The van der Waals surface area contributed by atoms with Crippen LogP contribution in [0.2, 0.25) is 0 Å². The Balaban J connectivity index is 1.74. The average Bonchev–Trinajstić information content (AvgIpc) is 3.17. The number of rotatable bonds is 3. The molecule has 0 amide bonds. The summed E-state index contributed by atoms with van der Waals surface area (Å²) in [6, 6.07) is 18.3. The molecule has 2 aromatic rings. The van der Waals surface area contributed by atoms with E-state index in [1.165, 1.54) is 5.56 Å². The molecule has 0 radical (unpaired) electrons. The third-order valence-electron chi connectivity index (χ3n) is 3.46. The van der Waals surface area contributed by atoms with Crippen molar-refractivity contribution < 1.29 is 0 Å². The number of hydrogen-bond donors (Lipinski definition) is 2. The normalized spacial score (nSPS) is 20.6. The molecule has 0 unspecified atom stereocenters. The molecule has 1 aliphatic carbocycles. The molecule has 94 valence electrons. The van der Waals surface area contributed by atoms with E-state index < -0.39 is 0 Å². The van der Waals surface area contributed by atoms with Gasteiger partial charge in [-0.25, -0.2) is 0 Å². The summed E-state index contributed by atoms with van der Waals surface area (Å²) in [4.78, 5) is 0. The maximum Gasteiger partial charge on any atom is 0.0992 e. The summed E-state index contributed by atoms with van der Waals surface area (Å²) in [7, 11) is 0. The largest absolute Gasteiger partial charge is 0.355 e. The highest BCUT2D eigenvalue weighted by Gasteiger charge is 2.34. The van der Waals surface area contributed by atoms with E-state index in [0.717, 1.165) is 17.8 Å². The van der Waals surface area contributed by atoms with Crippen LogP contribution in [0.25, 0.3) is 0 Å². The summed E-state index contributed by atoms with van der Waals surface area (Å²) in [6.45, 7) is 0. The molecule has 3 heteroatoms. The summed E-state index contributed by atoms with van der Waals surface area (Å²) in [5, 5.41) is 12.2. The second kappa shape index (κ2) is 4.75. The minimum Gasteiger partial charge on any atom is -0.355 e. The molecule has 1 aliphatic rings. The second-order valence-electron chi connectivity index (χ2n) is 4.95. The Hall–Kier alpha value is -2.31. The van der Waals surface area contributed by atoms with Crippen molar-refractivity contribution in [2.75, 3.05) is 5.32 Å². The van der Waals surface area contributed by atoms with Crippen LogP contribution in [-0.2, 0) is 0 Å². The molecule has 19 heavy (non-hydrogen) atoms. The second-order valence-corrected chi connectivity index (χ2v) is 4.95. The van der Waals surface area contributed by atoms with Crippen molar-refractivity contribution in [2.24, 2.45) is 5.73 Å². The van der Waals surface area contributed by atoms with E-state index in [-0.39, 0.29) is 0 Å². The van der Waals surface area contributed by atoms with E-state index in [4.69, 9.17) is 11.0 Å². The molecule has 0 bridgehead atoms. The van der Waals surface area contributed by atoms with Gasteiger partial charge in [0.05, 0.1) is 11.6 Å². The molecule has 0 saturated heterocycles. The van der Waals surface area contributed by atoms with Crippen LogP contribution in [0.5, 0.6) is 0 Å². The molecule has 1 saturated carbocycles. The van der Waals surface area contributed by atoms with Gasteiger partial charge in [-0.3, -0.25) is 0 Å². The van der Waals surface area contributed by atoms with Crippen molar-refractivity contribution in [2.45, 2.75) is 18.4 Å². The summed E-state index contributed by atoms with van der Waals surface area (Å²) in [6.07, 6.45) is 1.09. The van der Waals surface area contributed by atoms with E-state index in [1.54, 1.807) is 6.07 Å². The van der Waals surface area contributed by atoms with Crippen LogP contribution < -0.4 is 11.1 Å². The highest BCUT2D eigenvalue weighted by Crippen LogP contribution is 2.39. The van der Waals surface area contributed by atoms with Crippen LogP contribution in [0.1, 0.15) is 23.5 Å². The van der Waals surface area contributed by atoms with E-state index >= 15 is 0 Å². The Kier molecular flexibility index (Phi) is 2.94. The molecule has 0 aliphatic heterocycles. The van der Waals surface area contributed by atoms with Crippen LogP contribution in [-0.4, -0.2) is 6.04 Å². The van der Waals surface area contributed by atoms with E-state index in [0.29, 0.717) is 17.5 Å². The van der Waals surface area contributed by atoms with Gasteiger partial charge in [-0.05, 0) is 42.3 Å². The number of hydrogen-bond acceptors (Lipinski definition) is 3. The molecule has 0 spiro atoms. The summed E-state index contributed by atoms with van der Waals surface area (Å²) in [5.41, 5.74) is 9.76. The van der Waals surface area contributed by atoms with E-state index in [9.17, 15) is 0 Å². The van der Waals surface area contributed by atoms with Gasteiger partial charge in [-0.1, -0.05) is 18.2 Å². The zero-order chi connectivity index (χ0) is 13.2. The van der Waals surface area contributed by atoms with Gasteiger partial charge in [0.2, 0.25) is 0 Å². The molecule has 2 atom stereocenters. The predicted octanol–water partition coefficient (Wildman–Crippen LogP) is 3.12. The van der Waals surface area contributed by atoms with Crippen molar-refractivity contribution in [3.8, 4) is 6.07 Å². The average molecular weight is 249 g/mol. The van der Waals surface area contributed by atoms with Crippen molar-refractivity contribution in [1.29, 1.82) is 5.26 Å². The topological polar surface area (TPSA) is 61.8 Å². The van der Waals surface area contributed by atoms with Crippen molar-refractivity contribution in [1.82, 2.24) is 0 Å². The molecule has 0 heterocycles. The number of nitrogens with two attached hydrogens (primary N) is 1.